The fourth-order valence-corrected chi connectivity index (χ4v) is 4.35. The summed E-state index contributed by atoms with van der Waals surface area (Å²) in [5.41, 5.74) is 1.91. The van der Waals surface area contributed by atoms with Crippen molar-refractivity contribution >= 4 is 21.6 Å². The van der Waals surface area contributed by atoms with Crippen LogP contribution in [0.5, 0.6) is 0 Å². The standard InChI is InChI=1S/C20H23N3O3S/c1-2-25-12-15-10-23(8-9-26-15)11-17-21-19(24)18-16(13-27-20(18)22-17)14-6-4-3-5-7-14/h3-7,13,15H,2,8-12H2,1H3,(H,21,22,24). The Balaban J connectivity index is 1.55. The molecule has 4 rings (SSSR count). The summed E-state index contributed by atoms with van der Waals surface area (Å²) in [6.45, 7) is 6.15. The second kappa shape index (κ2) is 8.31. The zero-order valence-electron chi connectivity index (χ0n) is 15.3. The van der Waals surface area contributed by atoms with Gasteiger partial charge in [0.05, 0.1) is 31.2 Å². The van der Waals surface area contributed by atoms with E-state index in [1.807, 2.05) is 42.6 Å². The molecule has 6 nitrogen and oxygen atoms in total. The first-order valence-corrected chi connectivity index (χ1v) is 10.1. The van der Waals surface area contributed by atoms with Gasteiger partial charge in [0.2, 0.25) is 0 Å². The number of nitrogens with zero attached hydrogens (tertiary/aromatic N) is 2. The maximum absolute atomic E-state index is 12.8. The first-order chi connectivity index (χ1) is 13.2. The third-order valence-electron chi connectivity index (χ3n) is 4.68. The molecule has 1 aromatic carbocycles. The van der Waals surface area contributed by atoms with Crippen molar-refractivity contribution in [2.75, 3.05) is 32.9 Å². The first kappa shape index (κ1) is 18.3. The van der Waals surface area contributed by atoms with Gasteiger partial charge in [-0.25, -0.2) is 4.98 Å². The largest absolute Gasteiger partial charge is 0.379 e. The molecular formula is C20H23N3O3S. The van der Waals surface area contributed by atoms with E-state index in [1.165, 1.54) is 11.3 Å². The Hall–Kier alpha value is -2.06. The van der Waals surface area contributed by atoms with E-state index in [2.05, 4.69) is 9.88 Å². The van der Waals surface area contributed by atoms with Crippen LogP contribution in [-0.2, 0) is 16.0 Å². The van der Waals surface area contributed by atoms with Crippen molar-refractivity contribution in [2.45, 2.75) is 19.6 Å². The highest BCUT2D eigenvalue weighted by molar-refractivity contribution is 7.17. The average Bonchev–Trinajstić information content (AvgIpc) is 3.12. The van der Waals surface area contributed by atoms with Crippen LogP contribution in [0.1, 0.15) is 12.7 Å². The summed E-state index contributed by atoms with van der Waals surface area (Å²) in [5.74, 6) is 0.700. The molecule has 1 N–H and O–H groups in total. The minimum Gasteiger partial charge on any atom is -0.379 e. The summed E-state index contributed by atoms with van der Waals surface area (Å²) in [6.07, 6.45) is 0.0700. The maximum Gasteiger partial charge on any atom is 0.260 e. The van der Waals surface area contributed by atoms with Crippen LogP contribution >= 0.6 is 11.3 Å². The Morgan fingerprint density at radius 1 is 1.37 bits per heavy atom. The quantitative estimate of drug-likeness (QED) is 0.707. The van der Waals surface area contributed by atoms with Crippen LogP contribution < -0.4 is 5.56 Å². The lowest BCUT2D eigenvalue weighted by atomic mass is 10.1. The van der Waals surface area contributed by atoms with Crippen LogP contribution in [0, 0.1) is 0 Å². The van der Waals surface area contributed by atoms with Crippen LogP contribution in [-0.4, -0.2) is 53.9 Å². The lowest BCUT2D eigenvalue weighted by Crippen LogP contribution is -2.44. The zero-order chi connectivity index (χ0) is 18.6. The number of nitrogens with one attached hydrogen (secondary N) is 1. The van der Waals surface area contributed by atoms with E-state index in [1.54, 1.807) is 0 Å². The van der Waals surface area contributed by atoms with Crippen LogP contribution in [0.3, 0.4) is 0 Å². The van der Waals surface area contributed by atoms with Crippen LogP contribution in [0.4, 0.5) is 0 Å². The molecule has 0 radical (unpaired) electrons. The SMILES string of the molecule is CCOCC1CN(Cc2nc3scc(-c4ccccc4)c3c(=O)[nH]2)CCO1. The molecule has 1 aliphatic rings. The molecule has 2 aromatic heterocycles. The van der Waals surface area contributed by atoms with Gasteiger partial charge in [-0.2, -0.15) is 0 Å². The van der Waals surface area contributed by atoms with Crippen molar-refractivity contribution in [1.82, 2.24) is 14.9 Å². The number of aromatic amines is 1. The molecule has 1 fully saturated rings. The summed E-state index contributed by atoms with van der Waals surface area (Å²) >= 11 is 1.52. The monoisotopic (exact) mass is 385 g/mol. The number of thiophene rings is 1. The van der Waals surface area contributed by atoms with Gasteiger partial charge in [-0.3, -0.25) is 9.69 Å². The topological polar surface area (TPSA) is 67.5 Å². The number of aromatic nitrogens is 2. The molecule has 142 valence electrons. The van der Waals surface area contributed by atoms with Gasteiger partial charge < -0.3 is 14.5 Å². The van der Waals surface area contributed by atoms with E-state index in [4.69, 9.17) is 14.5 Å². The van der Waals surface area contributed by atoms with Crippen molar-refractivity contribution < 1.29 is 9.47 Å². The molecular weight excluding hydrogens is 362 g/mol. The number of H-pyrrole nitrogens is 1. The summed E-state index contributed by atoms with van der Waals surface area (Å²) in [7, 11) is 0. The van der Waals surface area contributed by atoms with Gasteiger partial charge in [0.25, 0.3) is 5.56 Å². The highest BCUT2D eigenvalue weighted by Crippen LogP contribution is 2.30. The number of hydrogen-bond acceptors (Lipinski definition) is 6. The zero-order valence-corrected chi connectivity index (χ0v) is 16.1. The number of morpholine rings is 1. The Labute approximate surface area is 161 Å². The Kier molecular flexibility index (Phi) is 5.63. The smallest absolute Gasteiger partial charge is 0.260 e. The summed E-state index contributed by atoms with van der Waals surface area (Å²) in [4.78, 5) is 23.5. The Bertz CT molecular complexity index is 954. The predicted octanol–water partition coefficient (Wildman–Crippen LogP) is 2.89. The van der Waals surface area contributed by atoms with Gasteiger partial charge in [-0.05, 0) is 12.5 Å². The lowest BCUT2D eigenvalue weighted by Gasteiger charge is -2.32. The summed E-state index contributed by atoms with van der Waals surface area (Å²) in [6, 6.07) is 9.96. The van der Waals surface area contributed by atoms with Crippen LogP contribution in [0.15, 0.2) is 40.5 Å². The fourth-order valence-electron chi connectivity index (χ4n) is 3.38. The number of fused-ring (bicyclic) bond motifs is 1. The average molecular weight is 385 g/mol. The number of benzene rings is 1. The van der Waals surface area contributed by atoms with Gasteiger partial charge in [0.15, 0.2) is 0 Å². The van der Waals surface area contributed by atoms with E-state index in [-0.39, 0.29) is 11.7 Å². The van der Waals surface area contributed by atoms with E-state index in [0.29, 0.717) is 37.6 Å². The molecule has 0 amide bonds. The minimum atomic E-state index is -0.0748. The normalized spacial score (nSPS) is 18.2. The van der Waals surface area contributed by atoms with E-state index in [9.17, 15) is 4.79 Å². The Morgan fingerprint density at radius 2 is 2.22 bits per heavy atom. The molecule has 1 atom stereocenters. The van der Waals surface area contributed by atoms with Crippen LogP contribution in [0.2, 0.25) is 0 Å². The molecule has 3 aromatic rings. The van der Waals surface area contributed by atoms with Gasteiger partial charge >= 0.3 is 0 Å². The van der Waals surface area contributed by atoms with Crippen molar-refractivity contribution in [3.8, 4) is 11.1 Å². The summed E-state index contributed by atoms with van der Waals surface area (Å²) in [5, 5.41) is 2.69. The lowest BCUT2D eigenvalue weighted by molar-refractivity contribution is -0.0699. The summed E-state index contributed by atoms with van der Waals surface area (Å²) < 4.78 is 11.2. The molecule has 0 saturated carbocycles. The van der Waals surface area contributed by atoms with Gasteiger partial charge in [-0.1, -0.05) is 30.3 Å². The molecule has 7 heteroatoms. The molecule has 1 saturated heterocycles. The molecule has 1 aliphatic heterocycles. The molecule has 27 heavy (non-hydrogen) atoms. The van der Waals surface area contributed by atoms with Gasteiger partial charge in [0.1, 0.15) is 10.7 Å². The van der Waals surface area contributed by atoms with Crippen LogP contribution in [0.25, 0.3) is 21.3 Å². The fraction of sp³-hybridized carbons (Fsp3) is 0.400. The maximum atomic E-state index is 12.8. The predicted molar refractivity (Wildman–Crippen MR) is 107 cm³/mol. The third kappa shape index (κ3) is 4.11. The molecule has 0 aliphatic carbocycles. The highest BCUT2D eigenvalue weighted by atomic mass is 32.1. The van der Waals surface area contributed by atoms with E-state index in [0.717, 1.165) is 29.0 Å². The number of rotatable bonds is 6. The third-order valence-corrected chi connectivity index (χ3v) is 5.55. The van der Waals surface area contributed by atoms with Gasteiger partial charge in [0, 0.05) is 30.6 Å². The van der Waals surface area contributed by atoms with E-state index < -0.39 is 0 Å². The molecule has 3 heterocycles. The highest BCUT2D eigenvalue weighted by Gasteiger charge is 2.22. The number of ether oxygens (including phenoxy) is 2. The molecule has 0 spiro atoms. The molecule has 0 bridgehead atoms. The van der Waals surface area contributed by atoms with E-state index >= 15 is 0 Å². The first-order valence-electron chi connectivity index (χ1n) is 9.22. The van der Waals surface area contributed by atoms with Crippen molar-refractivity contribution in [3.05, 3.63) is 51.9 Å². The van der Waals surface area contributed by atoms with Crippen molar-refractivity contribution in [2.24, 2.45) is 0 Å². The second-order valence-electron chi connectivity index (χ2n) is 6.60. The van der Waals surface area contributed by atoms with Gasteiger partial charge in [-0.15, -0.1) is 11.3 Å². The second-order valence-corrected chi connectivity index (χ2v) is 7.45. The van der Waals surface area contributed by atoms with Crippen molar-refractivity contribution in [1.29, 1.82) is 0 Å². The van der Waals surface area contributed by atoms with Crippen molar-refractivity contribution in [3.63, 3.8) is 0 Å². The number of hydrogen-bond donors (Lipinski definition) is 1. The Morgan fingerprint density at radius 3 is 3.04 bits per heavy atom. The molecule has 1 unspecified atom stereocenters. The minimum absolute atomic E-state index is 0.0700.